The Morgan fingerprint density at radius 1 is 0.917 bits per heavy atom. The number of benzene rings is 2. The quantitative estimate of drug-likeness (QED) is 0.816. The summed E-state index contributed by atoms with van der Waals surface area (Å²) in [7, 11) is -3.83. The molecule has 0 spiro atoms. The van der Waals surface area contributed by atoms with Gasteiger partial charge in [0.15, 0.2) is 15.6 Å². The molecule has 0 aliphatic rings. The monoisotopic (exact) mass is 345 g/mol. The molecule has 0 heterocycles. The highest BCUT2D eigenvalue weighted by atomic mass is 32.2. The number of anilines is 1. The molecule has 5 nitrogen and oxygen atoms in total. The SMILES string of the molecule is Cc1ccc(C(=O)CS(=O)(=O)CC(=O)Nc2cccc(C)c2)cc1. The zero-order valence-electron chi connectivity index (χ0n) is 13.6. The van der Waals surface area contributed by atoms with Crippen molar-refractivity contribution in [1.82, 2.24) is 0 Å². The summed E-state index contributed by atoms with van der Waals surface area (Å²) < 4.78 is 24.1. The summed E-state index contributed by atoms with van der Waals surface area (Å²) >= 11 is 0. The molecule has 0 atom stereocenters. The summed E-state index contributed by atoms with van der Waals surface area (Å²) in [5, 5.41) is 2.53. The van der Waals surface area contributed by atoms with E-state index in [0.717, 1.165) is 11.1 Å². The Kier molecular flexibility index (Phi) is 5.51. The molecule has 1 N–H and O–H groups in total. The van der Waals surface area contributed by atoms with Crippen molar-refractivity contribution in [3.05, 3.63) is 65.2 Å². The van der Waals surface area contributed by atoms with Crippen molar-refractivity contribution in [2.45, 2.75) is 13.8 Å². The molecule has 2 aromatic rings. The smallest absolute Gasteiger partial charge is 0.239 e. The fourth-order valence-electron chi connectivity index (χ4n) is 2.19. The van der Waals surface area contributed by atoms with Crippen LogP contribution in [-0.4, -0.2) is 31.6 Å². The van der Waals surface area contributed by atoms with Crippen molar-refractivity contribution in [3.8, 4) is 0 Å². The van der Waals surface area contributed by atoms with Gasteiger partial charge in [0.25, 0.3) is 0 Å². The molecule has 0 unspecified atom stereocenters. The minimum atomic E-state index is -3.83. The summed E-state index contributed by atoms with van der Waals surface area (Å²) in [6.07, 6.45) is 0. The maximum Gasteiger partial charge on any atom is 0.239 e. The number of hydrogen-bond donors (Lipinski definition) is 1. The van der Waals surface area contributed by atoms with Crippen LogP contribution in [-0.2, 0) is 14.6 Å². The first kappa shape index (κ1) is 17.9. The summed E-state index contributed by atoms with van der Waals surface area (Å²) in [5.74, 6) is -2.58. The average molecular weight is 345 g/mol. The average Bonchev–Trinajstić information content (AvgIpc) is 2.46. The maximum atomic E-state index is 12.1. The van der Waals surface area contributed by atoms with Gasteiger partial charge in [0.2, 0.25) is 5.91 Å². The summed E-state index contributed by atoms with van der Waals surface area (Å²) in [6.45, 7) is 3.74. The van der Waals surface area contributed by atoms with E-state index in [9.17, 15) is 18.0 Å². The molecular weight excluding hydrogens is 326 g/mol. The zero-order chi connectivity index (χ0) is 17.7. The van der Waals surface area contributed by atoms with Crippen molar-refractivity contribution in [2.75, 3.05) is 16.8 Å². The van der Waals surface area contributed by atoms with Gasteiger partial charge >= 0.3 is 0 Å². The van der Waals surface area contributed by atoms with Gasteiger partial charge in [-0.25, -0.2) is 8.42 Å². The first-order valence-electron chi connectivity index (χ1n) is 7.42. The Labute approximate surface area is 141 Å². The van der Waals surface area contributed by atoms with Crippen molar-refractivity contribution < 1.29 is 18.0 Å². The summed E-state index contributed by atoms with van der Waals surface area (Å²) in [4.78, 5) is 23.9. The van der Waals surface area contributed by atoms with Crippen molar-refractivity contribution >= 4 is 27.2 Å². The highest BCUT2D eigenvalue weighted by molar-refractivity contribution is 7.92. The van der Waals surface area contributed by atoms with Crippen LogP contribution in [0.25, 0.3) is 0 Å². The van der Waals surface area contributed by atoms with E-state index in [-0.39, 0.29) is 0 Å². The summed E-state index contributed by atoms with van der Waals surface area (Å²) in [5.41, 5.74) is 2.78. The normalized spacial score (nSPS) is 11.1. The third-order valence-electron chi connectivity index (χ3n) is 3.38. The van der Waals surface area contributed by atoms with Gasteiger partial charge in [-0.3, -0.25) is 9.59 Å². The fraction of sp³-hybridized carbons (Fsp3) is 0.222. The molecule has 1 amide bonds. The lowest BCUT2D eigenvalue weighted by molar-refractivity contribution is -0.113. The predicted octanol–water partition coefficient (Wildman–Crippen LogP) is 2.54. The minimum absolute atomic E-state index is 0.322. The van der Waals surface area contributed by atoms with E-state index in [1.807, 2.05) is 19.9 Å². The van der Waals surface area contributed by atoms with Crippen molar-refractivity contribution in [1.29, 1.82) is 0 Å². The number of sulfone groups is 1. The predicted molar refractivity (Wildman–Crippen MR) is 94.0 cm³/mol. The van der Waals surface area contributed by atoms with Crippen LogP contribution in [0.4, 0.5) is 5.69 Å². The molecule has 0 aliphatic heterocycles. The molecular formula is C18H19NO4S. The van der Waals surface area contributed by atoms with Gasteiger partial charge in [0.1, 0.15) is 11.5 Å². The molecule has 0 saturated carbocycles. The largest absolute Gasteiger partial charge is 0.325 e. The van der Waals surface area contributed by atoms with Gasteiger partial charge in [-0.15, -0.1) is 0 Å². The van der Waals surface area contributed by atoms with E-state index in [2.05, 4.69) is 5.32 Å². The first-order valence-corrected chi connectivity index (χ1v) is 9.24. The van der Waals surface area contributed by atoms with Crippen molar-refractivity contribution in [2.24, 2.45) is 0 Å². The van der Waals surface area contributed by atoms with Crippen LogP contribution < -0.4 is 5.32 Å². The zero-order valence-corrected chi connectivity index (χ0v) is 14.4. The van der Waals surface area contributed by atoms with Gasteiger partial charge in [-0.1, -0.05) is 42.0 Å². The molecule has 2 rings (SSSR count). The molecule has 0 saturated heterocycles. The van der Waals surface area contributed by atoms with Gasteiger partial charge in [0.05, 0.1) is 0 Å². The van der Waals surface area contributed by atoms with Crippen LogP contribution in [0.15, 0.2) is 48.5 Å². The Balaban J connectivity index is 1.98. The molecule has 2 aromatic carbocycles. The van der Waals surface area contributed by atoms with E-state index < -0.39 is 33.0 Å². The van der Waals surface area contributed by atoms with Crippen LogP contribution in [0.3, 0.4) is 0 Å². The molecule has 0 aromatic heterocycles. The Morgan fingerprint density at radius 3 is 2.21 bits per heavy atom. The first-order chi connectivity index (χ1) is 11.2. The number of carbonyl (C=O) groups is 2. The lowest BCUT2D eigenvalue weighted by Crippen LogP contribution is -2.27. The topological polar surface area (TPSA) is 80.3 Å². The second-order valence-corrected chi connectivity index (χ2v) is 7.80. The van der Waals surface area contributed by atoms with Crippen LogP contribution in [0.1, 0.15) is 21.5 Å². The van der Waals surface area contributed by atoms with Gasteiger partial charge in [0, 0.05) is 11.3 Å². The highest BCUT2D eigenvalue weighted by Gasteiger charge is 2.21. The lowest BCUT2D eigenvalue weighted by atomic mass is 10.1. The van der Waals surface area contributed by atoms with Crippen LogP contribution >= 0.6 is 0 Å². The number of Topliss-reactive ketones (excluding diaryl/α,β-unsaturated/α-hetero) is 1. The molecule has 6 heteroatoms. The second-order valence-electron chi connectivity index (χ2n) is 5.74. The van der Waals surface area contributed by atoms with Crippen LogP contribution in [0.5, 0.6) is 0 Å². The minimum Gasteiger partial charge on any atom is -0.325 e. The van der Waals surface area contributed by atoms with Crippen LogP contribution in [0, 0.1) is 13.8 Å². The molecule has 0 aliphatic carbocycles. The standard InChI is InChI=1S/C18H19NO4S/c1-13-6-8-15(9-7-13)17(20)11-24(22,23)12-18(21)19-16-5-3-4-14(2)10-16/h3-10H,11-12H2,1-2H3,(H,19,21). The molecule has 0 radical (unpaired) electrons. The number of aryl methyl sites for hydroxylation is 2. The third-order valence-corrected chi connectivity index (χ3v) is 4.78. The van der Waals surface area contributed by atoms with Crippen LogP contribution in [0.2, 0.25) is 0 Å². The van der Waals surface area contributed by atoms with Gasteiger partial charge < -0.3 is 5.32 Å². The Hall–Kier alpha value is -2.47. The van der Waals surface area contributed by atoms with Crippen molar-refractivity contribution in [3.63, 3.8) is 0 Å². The van der Waals surface area contributed by atoms with E-state index in [4.69, 9.17) is 0 Å². The second kappa shape index (κ2) is 7.40. The summed E-state index contributed by atoms with van der Waals surface area (Å²) in [6, 6.07) is 13.7. The number of rotatable bonds is 6. The molecule has 24 heavy (non-hydrogen) atoms. The van der Waals surface area contributed by atoms with E-state index in [1.165, 1.54) is 0 Å². The lowest BCUT2D eigenvalue weighted by Gasteiger charge is -2.07. The van der Waals surface area contributed by atoms with Gasteiger partial charge in [-0.05, 0) is 31.5 Å². The Bertz CT molecular complexity index is 855. The number of amides is 1. The third kappa shape index (κ3) is 5.31. The molecule has 0 bridgehead atoms. The molecule has 126 valence electrons. The number of ketones is 1. The fourth-order valence-corrected chi connectivity index (χ4v) is 3.33. The van der Waals surface area contributed by atoms with Gasteiger partial charge in [-0.2, -0.15) is 0 Å². The van der Waals surface area contributed by atoms with E-state index >= 15 is 0 Å². The number of hydrogen-bond acceptors (Lipinski definition) is 4. The van der Waals surface area contributed by atoms with E-state index in [1.54, 1.807) is 42.5 Å². The number of carbonyl (C=O) groups excluding carboxylic acids is 2. The maximum absolute atomic E-state index is 12.1. The Morgan fingerprint density at radius 2 is 1.58 bits per heavy atom. The molecule has 0 fully saturated rings. The number of nitrogens with one attached hydrogen (secondary N) is 1. The highest BCUT2D eigenvalue weighted by Crippen LogP contribution is 2.10. The van der Waals surface area contributed by atoms with E-state index in [0.29, 0.717) is 11.3 Å².